The lowest BCUT2D eigenvalue weighted by Crippen LogP contribution is -2.41. The molecule has 0 aromatic carbocycles. The molecule has 0 radical (unpaired) electrons. The van der Waals surface area contributed by atoms with Crippen molar-refractivity contribution in [3.63, 3.8) is 0 Å². The SMILES string of the molecule is O=C(CNC1CCC(C(=O)O)CC1)NCc1cccs1. The van der Waals surface area contributed by atoms with Crippen LogP contribution in [0, 0.1) is 5.92 Å². The Labute approximate surface area is 122 Å². The number of rotatable bonds is 6. The van der Waals surface area contributed by atoms with Crippen molar-refractivity contribution < 1.29 is 14.7 Å². The molecule has 1 saturated carbocycles. The average molecular weight is 296 g/mol. The van der Waals surface area contributed by atoms with Crippen LogP contribution >= 0.6 is 11.3 Å². The second-order valence-corrected chi connectivity index (χ2v) is 6.16. The zero-order chi connectivity index (χ0) is 14.4. The molecule has 1 amide bonds. The second-order valence-electron chi connectivity index (χ2n) is 5.12. The van der Waals surface area contributed by atoms with Crippen LogP contribution in [0.4, 0.5) is 0 Å². The van der Waals surface area contributed by atoms with Crippen LogP contribution in [0.5, 0.6) is 0 Å². The quantitative estimate of drug-likeness (QED) is 0.745. The maximum atomic E-state index is 11.7. The fourth-order valence-corrected chi connectivity index (χ4v) is 3.09. The summed E-state index contributed by atoms with van der Waals surface area (Å²) in [4.78, 5) is 23.7. The van der Waals surface area contributed by atoms with E-state index in [1.54, 1.807) is 11.3 Å². The molecule has 0 atom stereocenters. The fraction of sp³-hybridized carbons (Fsp3) is 0.571. The summed E-state index contributed by atoms with van der Waals surface area (Å²) in [6.07, 6.45) is 3.05. The lowest BCUT2D eigenvalue weighted by atomic mass is 9.86. The van der Waals surface area contributed by atoms with E-state index in [0.29, 0.717) is 25.9 Å². The maximum Gasteiger partial charge on any atom is 0.306 e. The van der Waals surface area contributed by atoms with Crippen molar-refractivity contribution in [3.8, 4) is 0 Å². The number of amides is 1. The molecule has 0 bridgehead atoms. The second kappa shape index (κ2) is 7.40. The summed E-state index contributed by atoms with van der Waals surface area (Å²) in [7, 11) is 0. The van der Waals surface area contributed by atoms with Gasteiger partial charge < -0.3 is 15.7 Å². The number of carboxylic acids is 1. The van der Waals surface area contributed by atoms with Crippen molar-refractivity contribution in [3.05, 3.63) is 22.4 Å². The average Bonchev–Trinajstić information content (AvgIpc) is 2.96. The summed E-state index contributed by atoms with van der Waals surface area (Å²) in [5, 5.41) is 17.0. The van der Waals surface area contributed by atoms with Gasteiger partial charge in [-0.2, -0.15) is 0 Å². The monoisotopic (exact) mass is 296 g/mol. The summed E-state index contributed by atoms with van der Waals surface area (Å²) >= 11 is 1.62. The topological polar surface area (TPSA) is 78.4 Å². The number of thiophene rings is 1. The van der Waals surface area contributed by atoms with Crippen molar-refractivity contribution in [2.45, 2.75) is 38.3 Å². The van der Waals surface area contributed by atoms with Gasteiger partial charge in [0.05, 0.1) is 19.0 Å². The Kier molecular flexibility index (Phi) is 5.55. The Balaban J connectivity index is 1.61. The molecule has 1 aromatic heterocycles. The molecule has 20 heavy (non-hydrogen) atoms. The molecule has 0 unspecified atom stereocenters. The van der Waals surface area contributed by atoms with Crippen molar-refractivity contribution in [1.29, 1.82) is 0 Å². The van der Waals surface area contributed by atoms with E-state index in [1.165, 1.54) is 0 Å². The predicted molar refractivity (Wildman–Crippen MR) is 77.6 cm³/mol. The first-order chi connectivity index (χ1) is 9.65. The van der Waals surface area contributed by atoms with Gasteiger partial charge >= 0.3 is 5.97 Å². The first-order valence-corrected chi connectivity index (χ1v) is 7.78. The van der Waals surface area contributed by atoms with E-state index >= 15 is 0 Å². The van der Waals surface area contributed by atoms with E-state index in [4.69, 9.17) is 5.11 Å². The van der Waals surface area contributed by atoms with Gasteiger partial charge in [-0.05, 0) is 37.1 Å². The van der Waals surface area contributed by atoms with Crippen molar-refractivity contribution in [2.75, 3.05) is 6.54 Å². The third-order valence-electron chi connectivity index (χ3n) is 3.67. The van der Waals surface area contributed by atoms with Gasteiger partial charge in [0.15, 0.2) is 0 Å². The minimum absolute atomic E-state index is 0.0150. The molecule has 1 heterocycles. The summed E-state index contributed by atoms with van der Waals surface area (Å²) in [5.74, 6) is -0.920. The first kappa shape index (κ1) is 15.0. The molecule has 0 saturated heterocycles. The standard InChI is InChI=1S/C14H20N2O3S/c17-13(16-8-12-2-1-7-20-12)9-15-11-5-3-10(4-6-11)14(18)19/h1-2,7,10-11,15H,3-6,8-9H2,(H,16,17)(H,18,19). The molecule has 3 N–H and O–H groups in total. The lowest BCUT2D eigenvalue weighted by molar-refractivity contribution is -0.143. The van der Waals surface area contributed by atoms with Crippen LogP contribution in [0.15, 0.2) is 17.5 Å². The molecule has 1 aromatic rings. The zero-order valence-electron chi connectivity index (χ0n) is 11.3. The van der Waals surface area contributed by atoms with Gasteiger partial charge in [-0.1, -0.05) is 6.07 Å². The van der Waals surface area contributed by atoms with E-state index < -0.39 is 5.97 Å². The first-order valence-electron chi connectivity index (χ1n) is 6.90. The number of nitrogens with one attached hydrogen (secondary N) is 2. The van der Waals surface area contributed by atoms with Gasteiger partial charge in [-0.25, -0.2) is 0 Å². The highest BCUT2D eigenvalue weighted by Gasteiger charge is 2.25. The number of carboxylic acid groups (broad SMARTS) is 1. The molecule has 1 fully saturated rings. The third kappa shape index (κ3) is 4.61. The highest BCUT2D eigenvalue weighted by Crippen LogP contribution is 2.24. The highest BCUT2D eigenvalue weighted by atomic mass is 32.1. The van der Waals surface area contributed by atoms with Gasteiger partial charge in [0, 0.05) is 10.9 Å². The van der Waals surface area contributed by atoms with Crippen LogP contribution < -0.4 is 10.6 Å². The van der Waals surface area contributed by atoms with Crippen molar-refractivity contribution >= 4 is 23.2 Å². The van der Waals surface area contributed by atoms with Gasteiger partial charge in [-0.3, -0.25) is 9.59 Å². The van der Waals surface area contributed by atoms with Crippen molar-refractivity contribution in [2.24, 2.45) is 5.92 Å². The predicted octanol–water partition coefficient (Wildman–Crippen LogP) is 1.60. The largest absolute Gasteiger partial charge is 0.481 e. The molecule has 2 rings (SSSR count). The fourth-order valence-electron chi connectivity index (χ4n) is 2.44. The van der Waals surface area contributed by atoms with Gasteiger partial charge in [-0.15, -0.1) is 11.3 Å². The minimum atomic E-state index is -0.697. The molecule has 1 aliphatic rings. The Morgan fingerprint density at radius 2 is 2.05 bits per heavy atom. The van der Waals surface area contributed by atoms with E-state index in [9.17, 15) is 9.59 Å². The maximum absolute atomic E-state index is 11.7. The number of carbonyl (C=O) groups excluding carboxylic acids is 1. The molecule has 5 nitrogen and oxygen atoms in total. The van der Waals surface area contributed by atoms with E-state index in [-0.39, 0.29) is 17.9 Å². The number of hydrogen-bond donors (Lipinski definition) is 3. The van der Waals surface area contributed by atoms with Crippen LogP contribution in [0.3, 0.4) is 0 Å². The Morgan fingerprint density at radius 3 is 2.65 bits per heavy atom. The number of aliphatic carboxylic acids is 1. The molecule has 6 heteroatoms. The molecular formula is C14H20N2O3S. The number of carbonyl (C=O) groups is 2. The summed E-state index contributed by atoms with van der Waals surface area (Å²) < 4.78 is 0. The van der Waals surface area contributed by atoms with Crippen molar-refractivity contribution in [1.82, 2.24) is 10.6 Å². The summed E-state index contributed by atoms with van der Waals surface area (Å²) in [6, 6.07) is 4.22. The Morgan fingerprint density at radius 1 is 1.30 bits per heavy atom. The van der Waals surface area contributed by atoms with Crippen LogP contribution in [-0.2, 0) is 16.1 Å². The molecule has 0 aliphatic heterocycles. The Hall–Kier alpha value is -1.40. The molecule has 1 aliphatic carbocycles. The summed E-state index contributed by atoms with van der Waals surface area (Å²) in [5.41, 5.74) is 0. The van der Waals surface area contributed by atoms with E-state index in [1.807, 2.05) is 17.5 Å². The van der Waals surface area contributed by atoms with Crippen LogP contribution in [0.25, 0.3) is 0 Å². The molecule has 0 spiro atoms. The highest BCUT2D eigenvalue weighted by molar-refractivity contribution is 7.09. The van der Waals surface area contributed by atoms with E-state index in [0.717, 1.165) is 17.7 Å². The Bertz CT molecular complexity index is 439. The van der Waals surface area contributed by atoms with Crippen LogP contribution in [-0.4, -0.2) is 29.6 Å². The van der Waals surface area contributed by atoms with Crippen LogP contribution in [0.1, 0.15) is 30.6 Å². The normalized spacial score (nSPS) is 22.4. The zero-order valence-corrected chi connectivity index (χ0v) is 12.1. The lowest BCUT2D eigenvalue weighted by Gasteiger charge is -2.26. The smallest absolute Gasteiger partial charge is 0.306 e. The van der Waals surface area contributed by atoms with Crippen LogP contribution in [0.2, 0.25) is 0 Å². The number of hydrogen-bond acceptors (Lipinski definition) is 4. The van der Waals surface area contributed by atoms with E-state index in [2.05, 4.69) is 10.6 Å². The molecular weight excluding hydrogens is 276 g/mol. The molecule has 110 valence electrons. The third-order valence-corrected chi connectivity index (χ3v) is 4.54. The van der Waals surface area contributed by atoms with Gasteiger partial charge in [0.1, 0.15) is 0 Å². The van der Waals surface area contributed by atoms with Gasteiger partial charge in [0.2, 0.25) is 5.91 Å². The van der Waals surface area contributed by atoms with Gasteiger partial charge in [0.25, 0.3) is 0 Å². The summed E-state index contributed by atoms with van der Waals surface area (Å²) in [6.45, 7) is 0.873. The minimum Gasteiger partial charge on any atom is -0.481 e.